The van der Waals surface area contributed by atoms with Crippen LogP contribution in [0.1, 0.15) is 26.3 Å². The molecule has 1 rings (SSSR count). The molecule has 0 amide bonds. The van der Waals surface area contributed by atoms with Gasteiger partial charge in [-0.05, 0) is 31.9 Å². The molecule has 0 aliphatic heterocycles. The Hall–Kier alpha value is -2.11. The van der Waals surface area contributed by atoms with Crippen LogP contribution in [0, 0.1) is 10.1 Å². The first kappa shape index (κ1) is 14.9. The lowest BCUT2D eigenvalue weighted by Gasteiger charge is -2.13. The van der Waals surface area contributed by atoms with Crippen molar-refractivity contribution in [2.45, 2.75) is 33.3 Å². The van der Waals surface area contributed by atoms with Gasteiger partial charge in [0.2, 0.25) is 0 Å². The highest BCUT2D eigenvalue weighted by molar-refractivity contribution is 5.74. The van der Waals surface area contributed by atoms with Crippen molar-refractivity contribution < 1.29 is 19.2 Å². The summed E-state index contributed by atoms with van der Waals surface area (Å²) in [5.41, 5.74) is 0.693. The van der Waals surface area contributed by atoms with E-state index in [2.05, 4.69) is 0 Å². The molecule has 0 aliphatic carbocycles. The van der Waals surface area contributed by atoms with Crippen LogP contribution >= 0.6 is 0 Å². The van der Waals surface area contributed by atoms with Gasteiger partial charge in [-0.3, -0.25) is 10.1 Å². The normalized spacial score (nSPS) is 11.7. The summed E-state index contributed by atoms with van der Waals surface area (Å²) in [7, 11) is 0. The fourth-order valence-electron chi connectivity index (χ4n) is 1.52. The van der Waals surface area contributed by atoms with Gasteiger partial charge < -0.3 is 9.47 Å². The lowest BCUT2D eigenvalue weighted by Crippen LogP contribution is -2.26. The number of rotatable bonds is 6. The molecular weight excluding hydrogens is 250 g/mol. The molecule has 6 heteroatoms. The Bertz CT molecular complexity index is 472. The molecule has 0 heterocycles. The van der Waals surface area contributed by atoms with Crippen molar-refractivity contribution in [2.24, 2.45) is 0 Å². The average molecular weight is 267 g/mol. The van der Waals surface area contributed by atoms with Crippen LogP contribution in [0.4, 0.5) is 5.69 Å². The maximum atomic E-state index is 11.4. The zero-order valence-electron chi connectivity index (χ0n) is 11.2. The zero-order valence-corrected chi connectivity index (χ0v) is 11.2. The van der Waals surface area contributed by atoms with Crippen LogP contribution in [0.25, 0.3) is 0 Å². The van der Waals surface area contributed by atoms with Crippen molar-refractivity contribution in [3.05, 3.63) is 33.9 Å². The largest absolute Gasteiger partial charge is 0.472 e. The Morgan fingerprint density at radius 3 is 2.63 bits per heavy atom. The molecule has 0 aromatic heterocycles. The first-order valence-electron chi connectivity index (χ1n) is 6.10. The van der Waals surface area contributed by atoms with E-state index in [-0.39, 0.29) is 18.0 Å². The number of aryl methyl sites for hydroxylation is 1. The standard InChI is InChI=1S/C13H17NO5/c1-4-10-6-7-12(11(8-10)14(16)17)19-9(3)13(15)18-5-2/h6-9H,4-5H2,1-3H3. The van der Waals surface area contributed by atoms with Gasteiger partial charge in [0.05, 0.1) is 11.5 Å². The molecule has 1 aromatic carbocycles. The molecule has 0 saturated carbocycles. The minimum atomic E-state index is -0.883. The minimum absolute atomic E-state index is 0.0720. The molecule has 0 bridgehead atoms. The molecule has 0 spiro atoms. The number of carbonyl (C=O) groups excluding carboxylic acids is 1. The summed E-state index contributed by atoms with van der Waals surface area (Å²) in [5.74, 6) is -0.473. The van der Waals surface area contributed by atoms with Crippen LogP contribution in [-0.4, -0.2) is 23.6 Å². The molecule has 19 heavy (non-hydrogen) atoms. The second-order valence-electron chi connectivity index (χ2n) is 3.92. The Labute approximate surface area is 111 Å². The van der Waals surface area contributed by atoms with E-state index < -0.39 is 17.0 Å². The third-order valence-electron chi connectivity index (χ3n) is 2.55. The highest BCUT2D eigenvalue weighted by atomic mass is 16.6. The van der Waals surface area contributed by atoms with Gasteiger partial charge in [-0.15, -0.1) is 0 Å². The van der Waals surface area contributed by atoms with Crippen LogP contribution in [0.3, 0.4) is 0 Å². The second-order valence-corrected chi connectivity index (χ2v) is 3.92. The van der Waals surface area contributed by atoms with E-state index in [9.17, 15) is 14.9 Å². The van der Waals surface area contributed by atoms with Crippen molar-refractivity contribution in [1.29, 1.82) is 0 Å². The fourth-order valence-corrected chi connectivity index (χ4v) is 1.52. The van der Waals surface area contributed by atoms with Crippen LogP contribution in [0.2, 0.25) is 0 Å². The summed E-state index contributed by atoms with van der Waals surface area (Å²) in [5, 5.41) is 11.0. The fraction of sp³-hybridized carbons (Fsp3) is 0.462. The maximum absolute atomic E-state index is 11.4. The number of ether oxygens (including phenoxy) is 2. The van der Waals surface area contributed by atoms with E-state index in [1.54, 1.807) is 13.0 Å². The maximum Gasteiger partial charge on any atom is 0.347 e. The van der Waals surface area contributed by atoms with Gasteiger partial charge in [-0.25, -0.2) is 4.79 Å². The van der Waals surface area contributed by atoms with Crippen molar-refractivity contribution in [2.75, 3.05) is 6.61 Å². The Morgan fingerprint density at radius 1 is 1.42 bits per heavy atom. The minimum Gasteiger partial charge on any atom is -0.472 e. The predicted molar refractivity (Wildman–Crippen MR) is 69.2 cm³/mol. The van der Waals surface area contributed by atoms with Crippen molar-refractivity contribution in [1.82, 2.24) is 0 Å². The third kappa shape index (κ3) is 3.94. The van der Waals surface area contributed by atoms with Crippen molar-refractivity contribution >= 4 is 11.7 Å². The summed E-state index contributed by atoms with van der Waals surface area (Å²) in [6, 6.07) is 4.69. The predicted octanol–water partition coefficient (Wildman–Crippen LogP) is 2.49. The van der Waals surface area contributed by atoms with Gasteiger partial charge in [0, 0.05) is 6.07 Å². The quantitative estimate of drug-likeness (QED) is 0.449. The lowest BCUT2D eigenvalue weighted by atomic mass is 10.1. The van der Waals surface area contributed by atoms with Gasteiger partial charge in [-0.2, -0.15) is 0 Å². The van der Waals surface area contributed by atoms with Gasteiger partial charge in [0.1, 0.15) is 0 Å². The van der Waals surface area contributed by atoms with E-state index in [4.69, 9.17) is 9.47 Å². The Morgan fingerprint density at radius 2 is 2.11 bits per heavy atom. The monoisotopic (exact) mass is 267 g/mol. The van der Waals surface area contributed by atoms with Gasteiger partial charge >= 0.3 is 11.7 Å². The average Bonchev–Trinajstić information content (AvgIpc) is 2.39. The lowest BCUT2D eigenvalue weighted by molar-refractivity contribution is -0.386. The van der Waals surface area contributed by atoms with Crippen molar-refractivity contribution in [3.8, 4) is 5.75 Å². The van der Waals surface area contributed by atoms with Crippen molar-refractivity contribution in [3.63, 3.8) is 0 Å². The van der Waals surface area contributed by atoms with E-state index in [1.165, 1.54) is 19.1 Å². The number of nitrogens with zero attached hydrogens (tertiary/aromatic N) is 1. The Balaban J connectivity index is 2.94. The first-order valence-corrected chi connectivity index (χ1v) is 6.10. The first-order chi connectivity index (χ1) is 8.99. The number of hydrogen-bond acceptors (Lipinski definition) is 5. The molecule has 104 valence electrons. The highest BCUT2D eigenvalue weighted by Crippen LogP contribution is 2.29. The number of hydrogen-bond donors (Lipinski definition) is 0. The number of carbonyl (C=O) groups is 1. The van der Waals surface area contributed by atoms with Crippen LogP contribution in [-0.2, 0) is 16.0 Å². The van der Waals surface area contributed by atoms with Crippen LogP contribution in [0.5, 0.6) is 5.75 Å². The molecule has 1 atom stereocenters. The summed E-state index contributed by atoms with van der Waals surface area (Å²) < 4.78 is 10.1. The van der Waals surface area contributed by atoms with Crippen LogP contribution in [0.15, 0.2) is 18.2 Å². The molecule has 0 radical (unpaired) electrons. The molecule has 1 unspecified atom stereocenters. The third-order valence-corrected chi connectivity index (χ3v) is 2.55. The number of nitro groups is 1. The summed E-state index contributed by atoms with van der Waals surface area (Å²) in [6.07, 6.45) is -0.194. The molecule has 0 saturated heterocycles. The van der Waals surface area contributed by atoms with E-state index in [0.717, 1.165) is 5.56 Å². The smallest absolute Gasteiger partial charge is 0.347 e. The van der Waals surface area contributed by atoms with Gasteiger partial charge in [-0.1, -0.05) is 13.0 Å². The molecule has 6 nitrogen and oxygen atoms in total. The molecule has 0 fully saturated rings. The summed E-state index contributed by atoms with van der Waals surface area (Å²) >= 11 is 0. The van der Waals surface area contributed by atoms with E-state index >= 15 is 0 Å². The summed E-state index contributed by atoms with van der Waals surface area (Å²) in [4.78, 5) is 21.9. The van der Waals surface area contributed by atoms with Crippen LogP contribution < -0.4 is 4.74 Å². The number of nitro benzene ring substituents is 1. The van der Waals surface area contributed by atoms with E-state index in [1.807, 2.05) is 6.92 Å². The second kappa shape index (κ2) is 6.72. The molecular formula is C13H17NO5. The highest BCUT2D eigenvalue weighted by Gasteiger charge is 2.22. The number of benzene rings is 1. The molecule has 1 aromatic rings. The SMILES string of the molecule is CCOC(=O)C(C)Oc1ccc(CC)cc1[N+](=O)[O-]. The Kier molecular flexibility index (Phi) is 5.29. The topological polar surface area (TPSA) is 78.7 Å². The van der Waals surface area contributed by atoms with Gasteiger partial charge in [0.25, 0.3) is 0 Å². The van der Waals surface area contributed by atoms with E-state index in [0.29, 0.717) is 6.42 Å². The molecule has 0 N–H and O–H groups in total. The van der Waals surface area contributed by atoms with Gasteiger partial charge in [0.15, 0.2) is 11.9 Å². The summed E-state index contributed by atoms with van der Waals surface area (Å²) in [6.45, 7) is 5.32. The zero-order chi connectivity index (χ0) is 14.4. The number of esters is 1. The molecule has 0 aliphatic rings.